The molecule has 3 rings (SSSR count). The summed E-state index contributed by atoms with van der Waals surface area (Å²) in [6.07, 6.45) is 0. The van der Waals surface area contributed by atoms with Crippen LogP contribution in [0.2, 0.25) is 0 Å². The van der Waals surface area contributed by atoms with Crippen molar-refractivity contribution >= 4 is 31.0 Å². The topological polar surface area (TPSA) is 214 Å². The van der Waals surface area contributed by atoms with Gasteiger partial charge in [-0.2, -0.15) is 0 Å². The molecule has 0 atom stereocenters. The van der Waals surface area contributed by atoms with Crippen LogP contribution in [0.5, 0.6) is 0 Å². The van der Waals surface area contributed by atoms with E-state index in [0.29, 0.717) is 26.4 Å². The van der Waals surface area contributed by atoms with E-state index >= 15 is 0 Å². The lowest BCUT2D eigenvalue weighted by molar-refractivity contribution is -0.891. The molecular weight excluding hydrogens is 596 g/mol. The standard InChI is InChI=1S/C16H36N2O4.C10H8O6S2.2H2O/c1-17(2)5-9-19-13-15-21-11-7-18(3,4)8-12-22-16-14-20-10-6-17;11-17(12,13)9-5-1-3-7-8(9)4-2-6-10(7)18(14,15)16;;/h5-16H2,1-4H3;1-6H,(H,11,12,13)(H,14,15,16);2*1H2/q+2;;;/p-2. The number of rotatable bonds is 2. The van der Waals surface area contributed by atoms with Crippen molar-refractivity contribution in [2.75, 3.05) is 107 Å². The molecule has 4 N–H and O–H groups in total. The van der Waals surface area contributed by atoms with E-state index < -0.39 is 30.0 Å². The minimum atomic E-state index is -4.74. The Labute approximate surface area is 249 Å². The second-order valence-electron chi connectivity index (χ2n) is 10.7. The second-order valence-corrected chi connectivity index (χ2v) is 13.4. The average molecular weight is 643 g/mol. The minimum absolute atomic E-state index is 0. The summed E-state index contributed by atoms with van der Waals surface area (Å²) in [5.41, 5.74) is 0. The van der Waals surface area contributed by atoms with Crippen molar-refractivity contribution in [3.63, 3.8) is 0 Å². The highest BCUT2D eigenvalue weighted by Gasteiger charge is 2.16. The Morgan fingerprint density at radius 3 is 1.02 bits per heavy atom. The summed E-state index contributed by atoms with van der Waals surface area (Å²) in [4.78, 5) is -1.10. The maximum atomic E-state index is 11.0. The summed E-state index contributed by atoms with van der Waals surface area (Å²) >= 11 is 0. The number of nitrogens with zero attached hydrogens (tertiary/aromatic N) is 2. The van der Waals surface area contributed by atoms with Gasteiger partial charge in [0.2, 0.25) is 0 Å². The predicted molar refractivity (Wildman–Crippen MR) is 154 cm³/mol. The molecule has 1 aliphatic heterocycles. The number of fused-ring (bicyclic) bond motifs is 1. The summed E-state index contributed by atoms with van der Waals surface area (Å²) in [5, 5.41) is -0.158. The van der Waals surface area contributed by atoms with Gasteiger partial charge in [-0.1, -0.05) is 24.3 Å². The molecule has 2 aromatic rings. The van der Waals surface area contributed by atoms with Crippen LogP contribution in [0.4, 0.5) is 0 Å². The Morgan fingerprint density at radius 1 is 0.524 bits per heavy atom. The van der Waals surface area contributed by atoms with Gasteiger partial charge in [0.15, 0.2) is 0 Å². The molecule has 1 aliphatic rings. The molecule has 0 saturated carbocycles. The number of ether oxygens (including phenoxy) is 4. The molecule has 0 radical (unpaired) electrons. The van der Waals surface area contributed by atoms with Crippen LogP contribution < -0.4 is 0 Å². The van der Waals surface area contributed by atoms with E-state index in [1.807, 2.05) is 0 Å². The van der Waals surface area contributed by atoms with Crippen molar-refractivity contribution in [1.82, 2.24) is 0 Å². The summed E-state index contributed by atoms with van der Waals surface area (Å²) in [5.74, 6) is 0. The molecule has 0 spiro atoms. The number of likely N-dealkylation sites (N-methyl/N-ethyl adjacent to an activating group) is 2. The van der Waals surface area contributed by atoms with E-state index in [1.54, 1.807) is 0 Å². The van der Waals surface area contributed by atoms with Crippen LogP contribution in [0, 0.1) is 0 Å². The Bertz CT molecular complexity index is 1160. The molecule has 0 bridgehead atoms. The summed E-state index contributed by atoms with van der Waals surface area (Å²) in [7, 11) is -0.651. The third-order valence-electron chi connectivity index (χ3n) is 6.49. The molecule has 0 aliphatic carbocycles. The predicted octanol–water partition coefficient (Wildman–Crippen LogP) is -0.782. The van der Waals surface area contributed by atoms with Gasteiger partial charge in [-0.25, -0.2) is 16.8 Å². The van der Waals surface area contributed by atoms with Gasteiger partial charge in [-0.05, 0) is 12.1 Å². The van der Waals surface area contributed by atoms with E-state index in [9.17, 15) is 25.9 Å². The maximum absolute atomic E-state index is 11.0. The third kappa shape index (κ3) is 14.6. The number of quaternary nitrogens is 2. The van der Waals surface area contributed by atoms with Crippen molar-refractivity contribution in [2.45, 2.75) is 9.79 Å². The molecular formula is C26H46N2O12S2. The van der Waals surface area contributed by atoms with Crippen LogP contribution in [0.1, 0.15) is 0 Å². The Morgan fingerprint density at radius 2 is 0.786 bits per heavy atom. The van der Waals surface area contributed by atoms with Gasteiger partial charge < -0.3 is 48.0 Å². The smallest absolute Gasteiger partial charge is 0.125 e. The average Bonchev–Trinajstić information content (AvgIpc) is 2.85. The van der Waals surface area contributed by atoms with Crippen LogP contribution >= 0.6 is 0 Å². The van der Waals surface area contributed by atoms with E-state index in [4.69, 9.17) is 18.9 Å². The van der Waals surface area contributed by atoms with Gasteiger partial charge in [-0.15, -0.1) is 0 Å². The summed E-state index contributed by atoms with van der Waals surface area (Å²) < 4.78 is 90.6. The quantitative estimate of drug-likeness (QED) is 0.294. The van der Waals surface area contributed by atoms with Crippen LogP contribution in [-0.2, 0) is 39.2 Å². The minimum Gasteiger partial charge on any atom is -0.744 e. The normalized spacial score (nSPS) is 19.5. The SMILES string of the molecule is C[N+]1(C)CCOCCOCC[N+](C)(C)CCOCCOCC1.O.O.O=S(=O)([O-])c1cccc2c(S(=O)(=O)[O-])cccc12. The summed E-state index contributed by atoms with van der Waals surface area (Å²) in [6.45, 7) is 9.71. The number of hydrogen-bond acceptors (Lipinski definition) is 10. The molecule has 0 unspecified atom stereocenters. The zero-order chi connectivity index (χ0) is 29.9. The highest BCUT2D eigenvalue weighted by Crippen LogP contribution is 2.27. The molecule has 42 heavy (non-hydrogen) atoms. The van der Waals surface area contributed by atoms with Crippen molar-refractivity contribution in [2.24, 2.45) is 0 Å². The first-order valence-electron chi connectivity index (χ1n) is 13.0. The molecule has 14 nitrogen and oxygen atoms in total. The van der Waals surface area contributed by atoms with Gasteiger partial charge in [0, 0.05) is 10.8 Å². The molecule has 0 aromatic heterocycles. The fourth-order valence-corrected chi connectivity index (χ4v) is 5.19. The molecule has 1 heterocycles. The van der Waals surface area contributed by atoms with Crippen LogP contribution in [0.25, 0.3) is 10.8 Å². The van der Waals surface area contributed by atoms with Gasteiger partial charge in [0.25, 0.3) is 0 Å². The van der Waals surface area contributed by atoms with Crippen LogP contribution in [0.3, 0.4) is 0 Å². The van der Waals surface area contributed by atoms with Gasteiger partial charge in [-0.3, -0.25) is 0 Å². The van der Waals surface area contributed by atoms with E-state index in [0.717, 1.165) is 73.7 Å². The fourth-order valence-electron chi connectivity index (χ4n) is 3.80. The summed E-state index contributed by atoms with van der Waals surface area (Å²) in [6, 6.07) is 7.09. The molecule has 16 heteroatoms. The highest BCUT2D eigenvalue weighted by molar-refractivity contribution is 7.86. The Hall–Kier alpha value is -1.80. The second kappa shape index (κ2) is 18.1. The lowest BCUT2D eigenvalue weighted by Crippen LogP contribution is -2.45. The largest absolute Gasteiger partial charge is 0.744 e. The van der Waals surface area contributed by atoms with Gasteiger partial charge >= 0.3 is 0 Å². The molecule has 0 amide bonds. The lowest BCUT2D eigenvalue weighted by atomic mass is 10.1. The number of hydrogen-bond donors (Lipinski definition) is 0. The number of benzene rings is 2. The van der Waals surface area contributed by atoms with E-state index in [2.05, 4.69) is 28.2 Å². The molecule has 2 aromatic carbocycles. The Kier molecular flexibility index (Phi) is 17.3. The van der Waals surface area contributed by atoms with Crippen molar-refractivity contribution in [3.05, 3.63) is 36.4 Å². The van der Waals surface area contributed by atoms with Crippen LogP contribution in [0.15, 0.2) is 46.2 Å². The Balaban J connectivity index is 0.000000776. The van der Waals surface area contributed by atoms with Crippen molar-refractivity contribution < 1.29 is 64.8 Å². The monoisotopic (exact) mass is 642 g/mol. The van der Waals surface area contributed by atoms with Gasteiger partial charge in [0.05, 0.1) is 90.8 Å². The fraction of sp³-hybridized carbons (Fsp3) is 0.615. The zero-order valence-electron chi connectivity index (χ0n) is 24.7. The van der Waals surface area contributed by atoms with Gasteiger partial charge in [0.1, 0.15) is 46.4 Å². The molecule has 1 saturated heterocycles. The molecule has 244 valence electrons. The first-order chi connectivity index (χ1) is 18.6. The first-order valence-corrected chi connectivity index (χ1v) is 15.8. The highest BCUT2D eigenvalue weighted by atomic mass is 32.2. The maximum Gasteiger partial charge on any atom is 0.125 e. The lowest BCUT2D eigenvalue weighted by Gasteiger charge is -2.30. The van der Waals surface area contributed by atoms with E-state index in [1.165, 1.54) is 24.3 Å². The third-order valence-corrected chi connectivity index (χ3v) is 8.28. The van der Waals surface area contributed by atoms with Crippen molar-refractivity contribution in [3.8, 4) is 0 Å². The zero-order valence-corrected chi connectivity index (χ0v) is 26.4. The van der Waals surface area contributed by atoms with E-state index in [-0.39, 0.29) is 21.7 Å². The molecule has 1 fully saturated rings. The first kappa shape index (κ1) is 40.2. The van der Waals surface area contributed by atoms with Crippen LogP contribution in [-0.4, -0.2) is 153 Å². The van der Waals surface area contributed by atoms with Crippen molar-refractivity contribution in [1.29, 1.82) is 0 Å².